The first-order chi connectivity index (χ1) is 28.4. The van der Waals surface area contributed by atoms with Gasteiger partial charge in [0.25, 0.3) is 5.89 Å². The average molecular weight is 811 g/mol. The predicted molar refractivity (Wildman–Crippen MR) is 230 cm³/mol. The first kappa shape index (κ1) is 43.7. The minimum atomic E-state index is -0.476. The van der Waals surface area contributed by atoms with E-state index < -0.39 is 5.97 Å². The summed E-state index contributed by atoms with van der Waals surface area (Å²) in [7, 11) is 5.03. The van der Waals surface area contributed by atoms with Crippen LogP contribution in [0.1, 0.15) is 98.4 Å². The van der Waals surface area contributed by atoms with E-state index in [4.69, 9.17) is 23.7 Å². The molecule has 0 saturated carbocycles. The molecule has 58 heavy (non-hydrogen) atoms. The molecule has 5 heterocycles. The number of aromatic nitrogens is 4. The molecule has 2 aromatic carbocycles. The second kappa shape index (κ2) is 21.4. The number of nitrogens with zero attached hydrogens (tertiary/aromatic N) is 4. The second-order valence-corrected chi connectivity index (χ2v) is 14.1. The number of hydrogen-bond acceptors (Lipinski definition) is 12. The average Bonchev–Trinajstić information content (AvgIpc) is 4.12. The molecule has 0 bridgehead atoms. The van der Waals surface area contributed by atoms with Crippen LogP contribution in [0, 0.1) is 5.82 Å². The lowest BCUT2D eigenvalue weighted by atomic mass is 9.91. The maximum absolute atomic E-state index is 13.9. The van der Waals surface area contributed by atoms with E-state index in [0.717, 1.165) is 51.5 Å². The van der Waals surface area contributed by atoms with E-state index in [1.807, 2.05) is 52.9 Å². The number of anilines is 1. The predicted octanol–water partition coefficient (Wildman–Crippen LogP) is 10.2. The maximum Gasteiger partial charge on any atom is 0.354 e. The van der Waals surface area contributed by atoms with Crippen LogP contribution in [0.5, 0.6) is 11.8 Å². The van der Waals surface area contributed by atoms with Crippen LogP contribution in [0.25, 0.3) is 32.0 Å². The third-order valence-electron chi connectivity index (χ3n) is 9.78. The standard InChI is InChI=1S/C31H31FN6O4S.C10H12O.2C2H6/c1-4-41-30(39)25-24(22-16-18-13-15-35-28(33-2)27(18)43-22)23(29-37-31(40-3)38-42-29)20(36-26(25)21-6-5-14-34-21)12-9-17-7-10-19(32)11-8-17;1-11-10-7-3-5-8-4-2-6-9(8)10;2*1-2/h7-8,10-11,13,15-16,21,34H,4-6,9,12,14H2,1-3H3,(H,33,35);3,5,7H,2,4,6H2,1H3;2*1-2H3. The number of fused-ring (bicyclic) bond motifs is 2. The molecule has 1 unspecified atom stereocenters. The summed E-state index contributed by atoms with van der Waals surface area (Å²) in [5.41, 5.74) is 6.66. The fourth-order valence-electron chi connectivity index (χ4n) is 7.24. The maximum atomic E-state index is 13.9. The van der Waals surface area contributed by atoms with Gasteiger partial charge >= 0.3 is 12.0 Å². The van der Waals surface area contributed by atoms with E-state index in [-0.39, 0.29) is 30.4 Å². The van der Waals surface area contributed by atoms with Crippen molar-refractivity contribution in [3.63, 3.8) is 0 Å². The number of ether oxygens (including phenoxy) is 3. The zero-order valence-electron chi connectivity index (χ0n) is 34.8. The number of carbonyl (C=O) groups excluding carboxylic acids is 1. The van der Waals surface area contributed by atoms with Crippen molar-refractivity contribution in [1.29, 1.82) is 0 Å². The van der Waals surface area contributed by atoms with Crippen molar-refractivity contribution >= 4 is 33.2 Å². The van der Waals surface area contributed by atoms with Crippen LogP contribution < -0.4 is 20.1 Å². The highest BCUT2D eigenvalue weighted by Crippen LogP contribution is 2.46. The van der Waals surface area contributed by atoms with Crippen molar-refractivity contribution in [1.82, 2.24) is 25.4 Å². The lowest BCUT2D eigenvalue weighted by Crippen LogP contribution is -2.22. The largest absolute Gasteiger partial charge is 0.496 e. The number of halogens is 1. The molecule has 6 aromatic rings. The zero-order chi connectivity index (χ0) is 41.6. The van der Waals surface area contributed by atoms with E-state index in [2.05, 4.69) is 37.9 Å². The molecule has 2 N–H and O–H groups in total. The van der Waals surface area contributed by atoms with E-state index in [9.17, 15) is 9.18 Å². The molecule has 0 amide bonds. The molecular weight excluding hydrogens is 756 g/mol. The second-order valence-electron chi connectivity index (χ2n) is 13.0. The van der Waals surface area contributed by atoms with Crippen LogP contribution >= 0.6 is 11.3 Å². The van der Waals surface area contributed by atoms with Gasteiger partial charge < -0.3 is 29.4 Å². The number of hydrogen-bond donors (Lipinski definition) is 2. The van der Waals surface area contributed by atoms with Gasteiger partial charge in [-0.3, -0.25) is 4.98 Å². The highest BCUT2D eigenvalue weighted by Gasteiger charge is 2.34. The summed E-state index contributed by atoms with van der Waals surface area (Å²) in [5, 5.41) is 11.6. The van der Waals surface area contributed by atoms with Crippen molar-refractivity contribution in [2.75, 3.05) is 39.7 Å². The fraction of sp³-hybridized carbons (Fsp3) is 0.400. The third kappa shape index (κ3) is 9.82. The van der Waals surface area contributed by atoms with Gasteiger partial charge in [-0.2, -0.15) is 4.98 Å². The topological polar surface area (TPSA) is 134 Å². The molecular formula is C45H55FN6O5S. The Labute approximate surface area is 344 Å². The molecule has 1 fully saturated rings. The van der Waals surface area contributed by atoms with E-state index in [0.29, 0.717) is 40.9 Å². The van der Waals surface area contributed by atoms with E-state index in [1.54, 1.807) is 32.4 Å². The zero-order valence-corrected chi connectivity index (χ0v) is 35.6. The van der Waals surface area contributed by atoms with Crippen LogP contribution in [0.15, 0.2) is 65.3 Å². The van der Waals surface area contributed by atoms with Crippen LogP contribution in [0.3, 0.4) is 0 Å². The van der Waals surface area contributed by atoms with Gasteiger partial charge in [-0.15, -0.1) is 11.3 Å². The summed E-state index contributed by atoms with van der Waals surface area (Å²) in [4.78, 5) is 28.8. The number of carbonyl (C=O) groups is 1. The fourth-order valence-corrected chi connectivity index (χ4v) is 8.45. The van der Waals surface area contributed by atoms with Gasteiger partial charge in [-0.05, 0) is 116 Å². The normalized spacial score (nSPS) is 13.9. The lowest BCUT2D eigenvalue weighted by Gasteiger charge is -2.21. The number of esters is 1. The minimum absolute atomic E-state index is 0.0580. The highest BCUT2D eigenvalue weighted by atomic mass is 32.1. The molecule has 1 atom stereocenters. The molecule has 8 rings (SSSR count). The molecule has 1 aliphatic carbocycles. The number of methoxy groups -OCH3 is 2. The van der Waals surface area contributed by atoms with Crippen molar-refractivity contribution in [3.8, 4) is 33.7 Å². The summed E-state index contributed by atoms with van der Waals surface area (Å²) in [6.07, 6.45) is 8.27. The summed E-state index contributed by atoms with van der Waals surface area (Å²) in [6.45, 7) is 10.8. The number of aryl methyl sites for hydroxylation is 3. The first-order valence-electron chi connectivity index (χ1n) is 20.2. The van der Waals surface area contributed by atoms with Gasteiger partial charge in [0.05, 0.1) is 54.1 Å². The number of benzene rings is 2. The van der Waals surface area contributed by atoms with Crippen molar-refractivity contribution in [2.45, 2.75) is 85.6 Å². The smallest absolute Gasteiger partial charge is 0.354 e. The molecule has 1 aliphatic heterocycles. The molecule has 2 aliphatic rings. The van der Waals surface area contributed by atoms with Gasteiger partial charge in [-0.1, -0.05) is 52.0 Å². The van der Waals surface area contributed by atoms with Crippen molar-refractivity contribution in [2.24, 2.45) is 0 Å². The molecule has 1 saturated heterocycles. The SMILES string of the molecule is CC.CC.CCOC(=O)c1c(C2CCCN2)nc(CCc2ccc(F)cc2)c(-c2nc(OC)no2)c1-c1cc2ccnc(NC)c2s1.COc1cccc2c1CCC2. The third-order valence-corrected chi connectivity index (χ3v) is 11.0. The Morgan fingerprint density at radius 2 is 1.78 bits per heavy atom. The number of nitrogens with one attached hydrogen (secondary N) is 2. The Morgan fingerprint density at radius 1 is 0.983 bits per heavy atom. The Hall–Kier alpha value is -5.40. The molecule has 11 nitrogen and oxygen atoms in total. The summed E-state index contributed by atoms with van der Waals surface area (Å²) >= 11 is 1.50. The van der Waals surface area contributed by atoms with Gasteiger partial charge in [0.1, 0.15) is 17.4 Å². The molecule has 4 aromatic heterocycles. The number of thiophene rings is 1. The van der Waals surface area contributed by atoms with Crippen LogP contribution in [-0.2, 0) is 30.4 Å². The summed E-state index contributed by atoms with van der Waals surface area (Å²) in [6, 6.07) is 16.6. The summed E-state index contributed by atoms with van der Waals surface area (Å²) < 4.78 is 36.5. The number of rotatable bonds is 11. The van der Waals surface area contributed by atoms with Gasteiger partial charge in [-0.25, -0.2) is 14.2 Å². The van der Waals surface area contributed by atoms with E-state index in [1.165, 1.54) is 61.0 Å². The van der Waals surface area contributed by atoms with E-state index >= 15 is 0 Å². The van der Waals surface area contributed by atoms with Gasteiger partial charge in [0, 0.05) is 23.7 Å². The van der Waals surface area contributed by atoms with Crippen LogP contribution in [-0.4, -0.2) is 60.5 Å². The molecule has 13 heteroatoms. The molecule has 308 valence electrons. The molecule has 0 radical (unpaired) electrons. The van der Waals surface area contributed by atoms with Crippen LogP contribution in [0.2, 0.25) is 0 Å². The van der Waals surface area contributed by atoms with Crippen molar-refractivity contribution in [3.05, 3.63) is 100 Å². The quantitative estimate of drug-likeness (QED) is 0.121. The Balaban J connectivity index is 0.000000361. The Morgan fingerprint density at radius 3 is 2.45 bits per heavy atom. The van der Waals surface area contributed by atoms with Gasteiger partial charge in [0.15, 0.2) is 0 Å². The minimum Gasteiger partial charge on any atom is -0.496 e. The Bertz CT molecular complexity index is 2250. The summed E-state index contributed by atoms with van der Waals surface area (Å²) in [5.74, 6) is 1.21. The first-order valence-corrected chi connectivity index (χ1v) is 21.0. The Kier molecular flexibility index (Phi) is 16.1. The molecule has 0 spiro atoms. The lowest BCUT2D eigenvalue weighted by molar-refractivity contribution is 0.0524. The van der Waals surface area contributed by atoms with Crippen molar-refractivity contribution < 1.29 is 27.9 Å². The van der Waals surface area contributed by atoms with Crippen LogP contribution in [0.4, 0.5) is 10.2 Å². The number of pyridine rings is 2. The van der Waals surface area contributed by atoms with Gasteiger partial charge in [0.2, 0.25) is 0 Å². The highest BCUT2D eigenvalue weighted by molar-refractivity contribution is 7.23. The monoisotopic (exact) mass is 810 g/mol.